The number of halogens is 1. The summed E-state index contributed by atoms with van der Waals surface area (Å²) < 4.78 is 0. The second-order valence-corrected chi connectivity index (χ2v) is 6.70. The number of hydrogen-bond acceptors (Lipinski definition) is 6. The van der Waals surface area contributed by atoms with Crippen molar-refractivity contribution in [1.29, 1.82) is 0 Å². The predicted octanol–water partition coefficient (Wildman–Crippen LogP) is 2.29. The van der Waals surface area contributed by atoms with Gasteiger partial charge in [0, 0.05) is 37.6 Å². The number of piperazine rings is 1. The molecule has 0 spiro atoms. The zero-order chi connectivity index (χ0) is 18.7. The fraction of sp³-hybridized carbons (Fsp3) is 0.389. The summed E-state index contributed by atoms with van der Waals surface area (Å²) in [7, 11) is 2.13. The van der Waals surface area contributed by atoms with Crippen LogP contribution in [0.1, 0.15) is 23.1 Å². The molecule has 2 aromatic rings. The van der Waals surface area contributed by atoms with Crippen LogP contribution in [-0.2, 0) is 6.42 Å². The van der Waals surface area contributed by atoms with Crippen LogP contribution >= 0.6 is 11.6 Å². The lowest BCUT2D eigenvalue weighted by molar-refractivity contribution is 0.0996. The molecule has 138 valence electrons. The predicted molar refractivity (Wildman–Crippen MR) is 104 cm³/mol. The van der Waals surface area contributed by atoms with Crippen LogP contribution in [0.15, 0.2) is 24.3 Å². The molecule has 0 saturated carbocycles. The first-order chi connectivity index (χ1) is 12.5. The maximum Gasteiger partial charge on any atom is 0.271 e. The molecule has 1 amide bonds. The van der Waals surface area contributed by atoms with Gasteiger partial charge in [0.05, 0.1) is 5.69 Å². The summed E-state index contributed by atoms with van der Waals surface area (Å²) >= 11 is 6.16. The van der Waals surface area contributed by atoms with E-state index in [-0.39, 0.29) is 16.7 Å². The molecule has 1 saturated heterocycles. The molecule has 1 aliphatic heterocycles. The van der Waals surface area contributed by atoms with E-state index in [2.05, 4.69) is 38.2 Å². The van der Waals surface area contributed by atoms with E-state index in [0.29, 0.717) is 12.1 Å². The van der Waals surface area contributed by atoms with Gasteiger partial charge in [-0.2, -0.15) is 0 Å². The maximum atomic E-state index is 11.8. The number of benzene rings is 1. The Bertz CT molecular complexity index is 804. The molecule has 26 heavy (non-hydrogen) atoms. The number of primary amides is 1. The molecule has 3 rings (SSSR count). The molecular weight excluding hydrogens is 352 g/mol. The van der Waals surface area contributed by atoms with Crippen LogP contribution in [0.2, 0.25) is 5.15 Å². The first-order valence-electron chi connectivity index (χ1n) is 8.64. The summed E-state index contributed by atoms with van der Waals surface area (Å²) in [6.45, 7) is 5.91. The Morgan fingerprint density at radius 1 is 1.27 bits per heavy atom. The number of hydrogen-bond donors (Lipinski definition) is 2. The summed E-state index contributed by atoms with van der Waals surface area (Å²) in [6, 6.07) is 7.98. The van der Waals surface area contributed by atoms with E-state index in [1.54, 1.807) is 0 Å². The van der Waals surface area contributed by atoms with Crippen molar-refractivity contribution in [3.8, 4) is 0 Å². The lowest BCUT2D eigenvalue weighted by Crippen LogP contribution is -2.44. The van der Waals surface area contributed by atoms with Gasteiger partial charge in [-0.3, -0.25) is 4.79 Å². The van der Waals surface area contributed by atoms with Gasteiger partial charge < -0.3 is 20.9 Å². The van der Waals surface area contributed by atoms with E-state index in [1.807, 2.05) is 25.1 Å². The molecule has 0 bridgehead atoms. The first-order valence-corrected chi connectivity index (χ1v) is 9.02. The number of nitrogens with zero attached hydrogens (tertiary/aromatic N) is 4. The molecular formula is C18H23ClN6O. The van der Waals surface area contributed by atoms with E-state index in [4.69, 9.17) is 17.3 Å². The minimum Gasteiger partial charge on any atom is -0.369 e. The van der Waals surface area contributed by atoms with Gasteiger partial charge in [0.15, 0.2) is 16.7 Å². The fourth-order valence-electron chi connectivity index (χ4n) is 2.92. The Balaban J connectivity index is 1.86. The lowest BCUT2D eigenvalue weighted by Gasteiger charge is -2.34. The number of nitrogens with two attached hydrogens (primary N) is 1. The molecule has 1 aromatic heterocycles. The Labute approximate surface area is 158 Å². The Kier molecular flexibility index (Phi) is 5.58. The van der Waals surface area contributed by atoms with Crippen molar-refractivity contribution < 1.29 is 4.79 Å². The second kappa shape index (κ2) is 7.88. The van der Waals surface area contributed by atoms with Crippen molar-refractivity contribution in [2.45, 2.75) is 13.3 Å². The topological polar surface area (TPSA) is 87.4 Å². The number of anilines is 3. The Morgan fingerprint density at radius 3 is 2.65 bits per heavy atom. The minimum absolute atomic E-state index is 0.0938. The summed E-state index contributed by atoms with van der Waals surface area (Å²) in [5.41, 5.74) is 8.03. The zero-order valence-electron chi connectivity index (χ0n) is 15.0. The molecule has 0 unspecified atom stereocenters. The van der Waals surface area contributed by atoms with Crippen LogP contribution in [0.3, 0.4) is 0 Å². The SMILES string of the molecule is CCc1nc(C(N)=O)c(Nc2cccc(N3CCN(C)CC3)c2)nc1Cl. The summed E-state index contributed by atoms with van der Waals surface area (Å²) in [5, 5.41) is 3.41. The molecule has 2 heterocycles. The third kappa shape index (κ3) is 4.05. The summed E-state index contributed by atoms with van der Waals surface area (Å²) in [5.74, 6) is -0.364. The van der Waals surface area contributed by atoms with Gasteiger partial charge in [-0.1, -0.05) is 24.6 Å². The Morgan fingerprint density at radius 2 is 2.00 bits per heavy atom. The van der Waals surface area contributed by atoms with Crippen molar-refractivity contribution in [3.05, 3.63) is 40.8 Å². The van der Waals surface area contributed by atoms with E-state index in [1.165, 1.54) is 0 Å². The van der Waals surface area contributed by atoms with Gasteiger partial charge in [-0.05, 0) is 31.7 Å². The molecule has 3 N–H and O–H groups in total. The fourth-order valence-corrected chi connectivity index (χ4v) is 3.18. The normalized spacial score (nSPS) is 15.1. The van der Waals surface area contributed by atoms with Crippen molar-refractivity contribution in [3.63, 3.8) is 0 Å². The third-order valence-electron chi connectivity index (χ3n) is 4.46. The number of carbonyl (C=O) groups excluding carboxylic acids is 1. The molecule has 0 atom stereocenters. The van der Waals surface area contributed by atoms with Gasteiger partial charge in [0.2, 0.25) is 0 Å². The average Bonchev–Trinajstić information content (AvgIpc) is 2.62. The average molecular weight is 375 g/mol. The van der Waals surface area contributed by atoms with Gasteiger partial charge in [-0.25, -0.2) is 9.97 Å². The number of carbonyl (C=O) groups is 1. The highest BCUT2D eigenvalue weighted by Gasteiger charge is 2.18. The maximum absolute atomic E-state index is 11.8. The molecule has 0 radical (unpaired) electrons. The summed E-state index contributed by atoms with van der Waals surface area (Å²) in [4.78, 5) is 24.9. The van der Waals surface area contributed by atoms with Crippen LogP contribution in [0, 0.1) is 0 Å². The van der Waals surface area contributed by atoms with Crippen LogP contribution in [0.5, 0.6) is 0 Å². The number of likely N-dealkylation sites (N-methyl/N-ethyl adjacent to an activating group) is 1. The van der Waals surface area contributed by atoms with E-state index in [9.17, 15) is 4.79 Å². The van der Waals surface area contributed by atoms with Crippen molar-refractivity contribution >= 4 is 34.7 Å². The molecule has 1 fully saturated rings. The van der Waals surface area contributed by atoms with Crippen molar-refractivity contribution in [2.75, 3.05) is 43.4 Å². The van der Waals surface area contributed by atoms with Crippen LogP contribution in [0.4, 0.5) is 17.2 Å². The largest absolute Gasteiger partial charge is 0.369 e. The van der Waals surface area contributed by atoms with Crippen molar-refractivity contribution in [2.24, 2.45) is 5.73 Å². The summed E-state index contributed by atoms with van der Waals surface area (Å²) in [6.07, 6.45) is 0.575. The number of aromatic nitrogens is 2. The number of amides is 1. The highest BCUT2D eigenvalue weighted by molar-refractivity contribution is 6.30. The quantitative estimate of drug-likeness (QED) is 0.834. The Hall–Kier alpha value is -2.38. The zero-order valence-corrected chi connectivity index (χ0v) is 15.8. The van der Waals surface area contributed by atoms with Gasteiger partial charge >= 0.3 is 0 Å². The highest BCUT2D eigenvalue weighted by atomic mass is 35.5. The number of aryl methyl sites for hydroxylation is 1. The van der Waals surface area contributed by atoms with E-state index >= 15 is 0 Å². The molecule has 8 heteroatoms. The second-order valence-electron chi connectivity index (χ2n) is 6.34. The monoisotopic (exact) mass is 374 g/mol. The lowest BCUT2D eigenvalue weighted by atomic mass is 10.2. The third-order valence-corrected chi connectivity index (χ3v) is 4.77. The van der Waals surface area contributed by atoms with E-state index < -0.39 is 5.91 Å². The molecule has 0 aliphatic carbocycles. The molecule has 1 aliphatic rings. The van der Waals surface area contributed by atoms with Crippen LogP contribution in [0.25, 0.3) is 0 Å². The van der Waals surface area contributed by atoms with Gasteiger partial charge in [0.1, 0.15) is 0 Å². The van der Waals surface area contributed by atoms with Crippen molar-refractivity contribution in [1.82, 2.24) is 14.9 Å². The van der Waals surface area contributed by atoms with Crippen LogP contribution < -0.4 is 16.0 Å². The standard InChI is InChI=1S/C18H23ClN6O/c1-3-14-16(19)23-18(15(22-14)17(20)26)21-12-5-4-6-13(11-12)25-9-7-24(2)8-10-25/h4-6,11H,3,7-10H2,1-2H3,(H2,20,26)(H,21,23). The molecule has 1 aromatic carbocycles. The van der Waals surface area contributed by atoms with E-state index in [0.717, 1.165) is 37.6 Å². The minimum atomic E-state index is -0.637. The van der Waals surface area contributed by atoms with Gasteiger partial charge in [0.25, 0.3) is 5.91 Å². The number of nitrogens with one attached hydrogen (secondary N) is 1. The van der Waals surface area contributed by atoms with Crippen LogP contribution in [-0.4, -0.2) is 54.0 Å². The first kappa shape index (κ1) is 18.4. The van der Waals surface area contributed by atoms with Gasteiger partial charge in [-0.15, -0.1) is 0 Å². The highest BCUT2D eigenvalue weighted by Crippen LogP contribution is 2.25. The smallest absolute Gasteiger partial charge is 0.271 e. The number of rotatable bonds is 5. The molecule has 7 nitrogen and oxygen atoms in total.